The Hall–Kier alpha value is -1.77. The van der Waals surface area contributed by atoms with Crippen LogP contribution in [0, 0.1) is 23.7 Å². The fourth-order valence-electron chi connectivity index (χ4n) is 4.95. The molecule has 2 aromatic rings. The molecule has 3 aliphatic rings. The number of nitrogens with zero attached hydrogens (tertiary/aromatic N) is 1. The van der Waals surface area contributed by atoms with E-state index >= 15 is 0 Å². The smallest absolute Gasteiger partial charge is 0.134 e. The first-order valence-corrected chi connectivity index (χ1v) is 7.65. The molecular weight excluding hydrogens is 248 g/mol. The summed E-state index contributed by atoms with van der Waals surface area (Å²) in [4.78, 5) is 4.50. The SMILES string of the molecule is Oc1ccc2ccnc(NC3C4C5CCC(C5)C34)c2c1. The van der Waals surface area contributed by atoms with Crippen molar-refractivity contribution in [1.82, 2.24) is 4.98 Å². The highest BCUT2D eigenvalue weighted by Gasteiger charge is 2.65. The molecule has 0 saturated heterocycles. The summed E-state index contributed by atoms with van der Waals surface area (Å²) in [7, 11) is 0. The van der Waals surface area contributed by atoms with E-state index in [0.717, 1.165) is 40.3 Å². The van der Waals surface area contributed by atoms with Crippen LogP contribution < -0.4 is 5.32 Å². The number of aromatic nitrogens is 1. The van der Waals surface area contributed by atoms with E-state index in [2.05, 4.69) is 10.3 Å². The molecule has 20 heavy (non-hydrogen) atoms. The van der Waals surface area contributed by atoms with Crippen LogP contribution in [0.1, 0.15) is 19.3 Å². The third-order valence-electron chi connectivity index (χ3n) is 5.79. The highest BCUT2D eigenvalue weighted by atomic mass is 16.3. The number of pyridine rings is 1. The van der Waals surface area contributed by atoms with Crippen molar-refractivity contribution in [1.29, 1.82) is 0 Å². The zero-order valence-electron chi connectivity index (χ0n) is 11.3. The van der Waals surface area contributed by atoms with E-state index in [1.807, 2.05) is 24.4 Å². The van der Waals surface area contributed by atoms with Gasteiger partial charge in [-0.05, 0) is 66.5 Å². The molecule has 5 rings (SSSR count). The predicted molar refractivity (Wildman–Crippen MR) is 78.6 cm³/mol. The molecule has 1 aromatic heterocycles. The van der Waals surface area contributed by atoms with Crippen LogP contribution in [0.3, 0.4) is 0 Å². The standard InChI is InChI=1S/C17H18N2O/c20-12-4-3-9-5-6-18-17(13(9)8-12)19-16-14-10-1-2-11(7-10)15(14)16/h3-6,8,10-11,14-16,20H,1-2,7H2,(H,18,19). The van der Waals surface area contributed by atoms with E-state index in [1.54, 1.807) is 6.07 Å². The minimum atomic E-state index is 0.310. The molecule has 2 N–H and O–H groups in total. The number of rotatable bonds is 2. The molecular formula is C17H18N2O. The van der Waals surface area contributed by atoms with Crippen molar-refractivity contribution in [2.75, 3.05) is 5.32 Å². The second kappa shape index (κ2) is 3.66. The van der Waals surface area contributed by atoms with Gasteiger partial charge in [-0.25, -0.2) is 4.98 Å². The number of nitrogens with one attached hydrogen (secondary N) is 1. The van der Waals surface area contributed by atoms with Gasteiger partial charge in [0.1, 0.15) is 11.6 Å². The molecule has 1 aromatic carbocycles. The van der Waals surface area contributed by atoms with Crippen LogP contribution >= 0.6 is 0 Å². The Morgan fingerprint density at radius 1 is 1.10 bits per heavy atom. The van der Waals surface area contributed by atoms with E-state index in [1.165, 1.54) is 19.3 Å². The summed E-state index contributed by atoms with van der Waals surface area (Å²) in [5.41, 5.74) is 0. The normalized spacial score (nSPS) is 37.1. The van der Waals surface area contributed by atoms with Gasteiger partial charge in [0.15, 0.2) is 0 Å². The molecule has 2 bridgehead atoms. The van der Waals surface area contributed by atoms with Crippen molar-refractivity contribution in [3.05, 3.63) is 30.5 Å². The summed E-state index contributed by atoms with van der Waals surface area (Å²) in [5.74, 6) is 4.96. The monoisotopic (exact) mass is 266 g/mol. The van der Waals surface area contributed by atoms with Crippen LogP contribution in [-0.2, 0) is 0 Å². The summed E-state index contributed by atoms with van der Waals surface area (Å²) >= 11 is 0. The first-order valence-electron chi connectivity index (χ1n) is 7.65. The van der Waals surface area contributed by atoms with Gasteiger partial charge >= 0.3 is 0 Å². The molecule has 3 nitrogen and oxygen atoms in total. The lowest BCUT2D eigenvalue weighted by Gasteiger charge is -2.13. The molecule has 0 amide bonds. The number of phenolic OH excluding ortho intramolecular Hbond substituents is 1. The van der Waals surface area contributed by atoms with Gasteiger partial charge in [0, 0.05) is 17.6 Å². The molecule has 0 radical (unpaired) electrons. The first kappa shape index (κ1) is 11.0. The molecule has 3 saturated carbocycles. The van der Waals surface area contributed by atoms with Crippen molar-refractivity contribution in [3.63, 3.8) is 0 Å². The summed E-state index contributed by atoms with van der Waals surface area (Å²) in [5, 5.41) is 15.5. The second-order valence-corrected chi connectivity index (χ2v) is 6.72. The van der Waals surface area contributed by atoms with E-state index < -0.39 is 0 Å². The van der Waals surface area contributed by atoms with Gasteiger partial charge in [-0.2, -0.15) is 0 Å². The average molecular weight is 266 g/mol. The molecule has 0 aliphatic heterocycles. The van der Waals surface area contributed by atoms with Crippen LogP contribution in [0.2, 0.25) is 0 Å². The lowest BCUT2D eigenvalue weighted by Crippen LogP contribution is -2.13. The van der Waals surface area contributed by atoms with Crippen molar-refractivity contribution in [3.8, 4) is 5.75 Å². The predicted octanol–water partition coefficient (Wildman–Crippen LogP) is 3.40. The first-order chi connectivity index (χ1) is 9.81. The van der Waals surface area contributed by atoms with Crippen molar-refractivity contribution >= 4 is 16.6 Å². The molecule has 1 heterocycles. The van der Waals surface area contributed by atoms with Crippen LogP contribution in [0.4, 0.5) is 5.82 Å². The Balaban J connectivity index is 1.49. The number of hydrogen-bond donors (Lipinski definition) is 2. The number of fused-ring (bicyclic) bond motifs is 6. The third kappa shape index (κ3) is 1.38. The molecule has 102 valence electrons. The van der Waals surface area contributed by atoms with Gasteiger partial charge in [-0.15, -0.1) is 0 Å². The minimum Gasteiger partial charge on any atom is -0.508 e. The van der Waals surface area contributed by atoms with Crippen LogP contribution in [0.25, 0.3) is 10.8 Å². The van der Waals surface area contributed by atoms with Crippen molar-refractivity contribution in [2.24, 2.45) is 23.7 Å². The molecule has 0 spiro atoms. The molecule has 3 aliphatic carbocycles. The molecule has 4 atom stereocenters. The van der Waals surface area contributed by atoms with Crippen LogP contribution in [0.15, 0.2) is 30.5 Å². The Morgan fingerprint density at radius 3 is 2.70 bits per heavy atom. The summed E-state index contributed by atoms with van der Waals surface area (Å²) in [6.45, 7) is 0. The average Bonchev–Trinajstić information content (AvgIpc) is 2.84. The largest absolute Gasteiger partial charge is 0.508 e. The highest BCUT2D eigenvalue weighted by Crippen LogP contribution is 2.66. The van der Waals surface area contributed by atoms with Crippen LogP contribution in [0.5, 0.6) is 5.75 Å². The highest BCUT2D eigenvalue weighted by molar-refractivity contribution is 5.92. The maximum atomic E-state index is 9.70. The lowest BCUT2D eigenvalue weighted by molar-refractivity contribution is 0.456. The van der Waals surface area contributed by atoms with E-state index in [-0.39, 0.29) is 0 Å². The van der Waals surface area contributed by atoms with Gasteiger partial charge < -0.3 is 10.4 Å². The maximum Gasteiger partial charge on any atom is 0.134 e. The van der Waals surface area contributed by atoms with E-state index in [0.29, 0.717) is 11.8 Å². The third-order valence-corrected chi connectivity index (χ3v) is 5.79. The van der Waals surface area contributed by atoms with E-state index in [4.69, 9.17) is 0 Å². The van der Waals surface area contributed by atoms with Crippen LogP contribution in [-0.4, -0.2) is 16.1 Å². The minimum absolute atomic E-state index is 0.310. The van der Waals surface area contributed by atoms with Crippen molar-refractivity contribution in [2.45, 2.75) is 25.3 Å². The number of hydrogen-bond acceptors (Lipinski definition) is 3. The Labute approximate surface area is 118 Å². The zero-order valence-corrected chi connectivity index (χ0v) is 11.3. The summed E-state index contributed by atoms with van der Waals surface area (Å²) in [6, 6.07) is 8.13. The molecule has 3 heteroatoms. The van der Waals surface area contributed by atoms with Gasteiger partial charge in [0.25, 0.3) is 0 Å². The number of anilines is 1. The molecule has 3 fully saturated rings. The number of phenols is 1. The Bertz CT molecular complexity index is 682. The Morgan fingerprint density at radius 2 is 1.90 bits per heavy atom. The molecule has 4 unspecified atom stereocenters. The summed E-state index contributed by atoms with van der Waals surface area (Å²) < 4.78 is 0. The number of benzene rings is 1. The van der Waals surface area contributed by atoms with Crippen molar-refractivity contribution < 1.29 is 5.11 Å². The zero-order chi connectivity index (χ0) is 13.3. The fourth-order valence-corrected chi connectivity index (χ4v) is 4.95. The fraction of sp³-hybridized carbons (Fsp3) is 0.471. The van der Waals surface area contributed by atoms with Gasteiger partial charge in [-0.3, -0.25) is 0 Å². The second-order valence-electron chi connectivity index (χ2n) is 6.72. The topological polar surface area (TPSA) is 45.2 Å². The lowest BCUT2D eigenvalue weighted by atomic mass is 10.0. The van der Waals surface area contributed by atoms with Gasteiger partial charge in [0.05, 0.1) is 0 Å². The van der Waals surface area contributed by atoms with Gasteiger partial charge in [0.2, 0.25) is 0 Å². The van der Waals surface area contributed by atoms with E-state index in [9.17, 15) is 5.11 Å². The maximum absolute atomic E-state index is 9.70. The van der Waals surface area contributed by atoms with Gasteiger partial charge in [-0.1, -0.05) is 6.07 Å². The number of aromatic hydroxyl groups is 1. The Kier molecular flexibility index (Phi) is 2.00. The quantitative estimate of drug-likeness (QED) is 0.875. The summed E-state index contributed by atoms with van der Waals surface area (Å²) in [6.07, 6.45) is 6.20.